The Morgan fingerprint density at radius 2 is 1.86 bits per heavy atom. The summed E-state index contributed by atoms with van der Waals surface area (Å²) < 4.78 is 9.22. The molecule has 0 radical (unpaired) electrons. The number of nitrogens with zero attached hydrogens (tertiary/aromatic N) is 8. The monoisotopic (exact) mass is 474 g/mol. The number of imidazole rings is 1. The van der Waals surface area contributed by atoms with E-state index in [0.717, 1.165) is 34.8 Å². The molecular weight excluding hydrogens is 448 g/mol. The second kappa shape index (κ2) is 8.66. The maximum Gasteiger partial charge on any atom is 0.407 e. The molecule has 6 rings (SSSR count). The van der Waals surface area contributed by atoms with Crippen LogP contribution in [0.15, 0.2) is 42.6 Å². The molecular formula is C24H26N8O3. The number of benzene rings is 1. The standard InChI is InChI=1S/C24H26N8O3/c1-29-20(17-7-9-31(15-17)24(33)34)25-19-21(29)26-23(27-22(19)30-11-13-35-14-12-30)32-10-8-18(28-32)16-5-3-2-4-6-16/h2-6,8,10,17H,7,9,11-15H2,1H3,(H,33,34). The van der Waals surface area contributed by atoms with Crippen LogP contribution in [0.2, 0.25) is 0 Å². The average molecular weight is 475 g/mol. The predicted octanol–water partition coefficient (Wildman–Crippen LogP) is 2.52. The van der Waals surface area contributed by atoms with Crippen LogP contribution >= 0.6 is 0 Å². The molecule has 1 atom stereocenters. The smallest absolute Gasteiger partial charge is 0.407 e. The van der Waals surface area contributed by atoms with Crippen molar-refractivity contribution in [2.45, 2.75) is 12.3 Å². The van der Waals surface area contributed by atoms with E-state index in [1.165, 1.54) is 4.90 Å². The molecule has 4 aromatic rings. The van der Waals surface area contributed by atoms with Crippen LogP contribution in [0.5, 0.6) is 0 Å². The summed E-state index contributed by atoms with van der Waals surface area (Å²) in [6.07, 6.45) is 1.71. The van der Waals surface area contributed by atoms with E-state index in [1.54, 1.807) is 4.68 Å². The minimum Gasteiger partial charge on any atom is -0.465 e. The van der Waals surface area contributed by atoms with Crippen LogP contribution in [0, 0.1) is 0 Å². The Kier molecular flexibility index (Phi) is 5.33. The minimum atomic E-state index is -0.893. The van der Waals surface area contributed by atoms with E-state index in [2.05, 4.69) is 4.90 Å². The van der Waals surface area contributed by atoms with Crippen molar-refractivity contribution in [2.75, 3.05) is 44.3 Å². The van der Waals surface area contributed by atoms with Crippen molar-refractivity contribution in [1.82, 2.24) is 34.2 Å². The van der Waals surface area contributed by atoms with E-state index < -0.39 is 6.09 Å². The van der Waals surface area contributed by atoms with Crippen molar-refractivity contribution in [3.05, 3.63) is 48.4 Å². The highest BCUT2D eigenvalue weighted by atomic mass is 16.5. The zero-order valence-corrected chi connectivity index (χ0v) is 19.4. The first-order valence-corrected chi connectivity index (χ1v) is 11.7. The Bertz CT molecular complexity index is 1380. The number of hydrogen-bond acceptors (Lipinski definition) is 7. The van der Waals surface area contributed by atoms with Crippen molar-refractivity contribution in [1.29, 1.82) is 0 Å². The highest BCUT2D eigenvalue weighted by molar-refractivity contribution is 5.85. The average Bonchev–Trinajstić information content (AvgIpc) is 3.64. The van der Waals surface area contributed by atoms with Gasteiger partial charge in [0.25, 0.3) is 5.95 Å². The van der Waals surface area contributed by atoms with E-state index in [4.69, 9.17) is 24.8 Å². The largest absolute Gasteiger partial charge is 0.465 e. The molecule has 1 amide bonds. The number of amides is 1. The molecule has 2 aliphatic rings. The zero-order chi connectivity index (χ0) is 23.9. The number of hydrogen-bond donors (Lipinski definition) is 1. The van der Waals surface area contributed by atoms with Gasteiger partial charge in [-0.1, -0.05) is 30.3 Å². The number of carboxylic acid groups (broad SMARTS) is 1. The summed E-state index contributed by atoms with van der Waals surface area (Å²) in [6.45, 7) is 3.60. The summed E-state index contributed by atoms with van der Waals surface area (Å²) >= 11 is 0. The number of likely N-dealkylation sites (tertiary alicyclic amines) is 1. The highest BCUT2D eigenvalue weighted by Crippen LogP contribution is 2.32. The van der Waals surface area contributed by atoms with Gasteiger partial charge in [-0.25, -0.2) is 14.5 Å². The van der Waals surface area contributed by atoms with Gasteiger partial charge in [0, 0.05) is 50.9 Å². The van der Waals surface area contributed by atoms with E-state index >= 15 is 0 Å². The van der Waals surface area contributed by atoms with E-state index in [-0.39, 0.29) is 5.92 Å². The molecule has 2 saturated heterocycles. The van der Waals surface area contributed by atoms with E-state index in [1.807, 2.05) is 54.2 Å². The number of fused-ring (bicyclic) bond motifs is 1. The fourth-order valence-electron chi connectivity index (χ4n) is 4.86. The topological polar surface area (TPSA) is 114 Å². The summed E-state index contributed by atoms with van der Waals surface area (Å²) in [5.74, 6) is 2.06. The lowest BCUT2D eigenvalue weighted by atomic mass is 10.1. The molecule has 2 aliphatic heterocycles. The van der Waals surface area contributed by atoms with Gasteiger partial charge < -0.3 is 24.2 Å². The summed E-state index contributed by atoms with van der Waals surface area (Å²) in [7, 11) is 1.94. The van der Waals surface area contributed by atoms with Crippen LogP contribution in [0.4, 0.5) is 10.6 Å². The Hall–Kier alpha value is -3.99. The number of morpholine rings is 1. The van der Waals surface area contributed by atoms with Crippen molar-refractivity contribution in [3.8, 4) is 17.2 Å². The van der Waals surface area contributed by atoms with Gasteiger partial charge in [-0.2, -0.15) is 15.1 Å². The Labute approximate surface area is 201 Å². The molecule has 1 aromatic carbocycles. The Morgan fingerprint density at radius 1 is 1.06 bits per heavy atom. The van der Waals surface area contributed by atoms with Crippen molar-refractivity contribution >= 4 is 23.1 Å². The first-order valence-electron chi connectivity index (χ1n) is 11.7. The Balaban J connectivity index is 1.45. The molecule has 1 unspecified atom stereocenters. The van der Waals surface area contributed by atoms with Crippen LogP contribution in [0.3, 0.4) is 0 Å². The lowest BCUT2D eigenvalue weighted by Crippen LogP contribution is -2.37. The molecule has 0 saturated carbocycles. The molecule has 5 heterocycles. The summed E-state index contributed by atoms with van der Waals surface area (Å²) in [5, 5.41) is 14.1. The summed E-state index contributed by atoms with van der Waals surface area (Å²) in [6, 6.07) is 11.9. The fourth-order valence-corrected chi connectivity index (χ4v) is 4.86. The molecule has 11 nitrogen and oxygen atoms in total. The van der Waals surface area contributed by atoms with Crippen LogP contribution < -0.4 is 4.90 Å². The lowest BCUT2D eigenvalue weighted by molar-refractivity contribution is 0.122. The molecule has 0 bridgehead atoms. The Morgan fingerprint density at radius 3 is 2.60 bits per heavy atom. The van der Waals surface area contributed by atoms with Gasteiger partial charge in [-0.05, 0) is 12.5 Å². The van der Waals surface area contributed by atoms with Crippen molar-refractivity contribution in [2.24, 2.45) is 7.05 Å². The highest BCUT2D eigenvalue weighted by Gasteiger charge is 2.32. The fraction of sp³-hybridized carbons (Fsp3) is 0.375. The molecule has 3 aromatic heterocycles. The molecule has 2 fully saturated rings. The van der Waals surface area contributed by atoms with Crippen molar-refractivity contribution in [3.63, 3.8) is 0 Å². The normalized spacial score (nSPS) is 18.5. The summed E-state index contributed by atoms with van der Waals surface area (Å²) in [4.78, 5) is 29.8. The van der Waals surface area contributed by atoms with E-state index in [9.17, 15) is 9.90 Å². The lowest BCUT2D eigenvalue weighted by Gasteiger charge is -2.28. The number of ether oxygens (including phenoxy) is 1. The first kappa shape index (κ1) is 21.5. The third kappa shape index (κ3) is 3.87. The van der Waals surface area contributed by atoms with Crippen molar-refractivity contribution < 1.29 is 14.6 Å². The van der Waals surface area contributed by atoms with Crippen LogP contribution in [-0.2, 0) is 11.8 Å². The molecule has 0 spiro atoms. The SMILES string of the molecule is Cn1c(C2CCN(C(=O)O)C2)nc2c(N3CCOCC3)nc(-n3ccc(-c4ccccc4)n3)nc21. The molecule has 180 valence electrons. The third-order valence-corrected chi connectivity index (χ3v) is 6.72. The maximum absolute atomic E-state index is 11.5. The van der Waals surface area contributed by atoms with Gasteiger partial charge in [-0.15, -0.1) is 0 Å². The van der Waals surface area contributed by atoms with Gasteiger partial charge in [0.05, 0.1) is 18.9 Å². The van der Waals surface area contributed by atoms with Crippen LogP contribution in [0.25, 0.3) is 28.4 Å². The minimum absolute atomic E-state index is 0.0145. The maximum atomic E-state index is 11.5. The van der Waals surface area contributed by atoms with Crippen LogP contribution in [-0.4, -0.2) is 84.8 Å². The molecule has 1 N–H and O–H groups in total. The van der Waals surface area contributed by atoms with Gasteiger partial charge >= 0.3 is 6.09 Å². The quantitative estimate of drug-likeness (QED) is 0.480. The number of carbonyl (C=O) groups is 1. The second-order valence-corrected chi connectivity index (χ2v) is 8.87. The number of aromatic nitrogens is 6. The number of anilines is 1. The third-order valence-electron chi connectivity index (χ3n) is 6.72. The van der Waals surface area contributed by atoms with Gasteiger partial charge in [-0.3, -0.25) is 0 Å². The predicted molar refractivity (Wildman–Crippen MR) is 129 cm³/mol. The van der Waals surface area contributed by atoms with Crippen LogP contribution in [0.1, 0.15) is 18.2 Å². The van der Waals surface area contributed by atoms with Gasteiger partial charge in [0.1, 0.15) is 5.82 Å². The second-order valence-electron chi connectivity index (χ2n) is 8.87. The summed E-state index contributed by atoms with van der Waals surface area (Å²) in [5.41, 5.74) is 3.29. The number of rotatable bonds is 4. The van der Waals surface area contributed by atoms with Gasteiger partial charge in [0.15, 0.2) is 17.0 Å². The van der Waals surface area contributed by atoms with E-state index in [0.29, 0.717) is 51.0 Å². The molecule has 0 aliphatic carbocycles. The number of aryl methyl sites for hydroxylation is 1. The molecule has 11 heteroatoms. The van der Waals surface area contributed by atoms with Gasteiger partial charge in [0.2, 0.25) is 0 Å². The zero-order valence-electron chi connectivity index (χ0n) is 19.4. The molecule has 35 heavy (non-hydrogen) atoms. The first-order chi connectivity index (χ1) is 17.1.